The number of hydrogen-bond acceptors (Lipinski definition) is 1. The van der Waals surface area contributed by atoms with Gasteiger partial charge in [-0.25, -0.2) is 0 Å². The molecule has 0 aromatic carbocycles. The van der Waals surface area contributed by atoms with Gasteiger partial charge in [0.1, 0.15) is 0 Å². The summed E-state index contributed by atoms with van der Waals surface area (Å²) in [7, 11) is 0. The van der Waals surface area contributed by atoms with Crippen LogP contribution < -0.4 is 5.32 Å². The maximum atomic E-state index is 3.86. The normalized spacial score (nSPS) is 30.3. The van der Waals surface area contributed by atoms with Crippen molar-refractivity contribution in [3.63, 3.8) is 0 Å². The van der Waals surface area contributed by atoms with Gasteiger partial charge in [0.2, 0.25) is 0 Å². The third-order valence-electron chi connectivity index (χ3n) is 5.57. The molecule has 0 amide bonds. The van der Waals surface area contributed by atoms with Crippen LogP contribution >= 0.6 is 0 Å². The Morgan fingerprint density at radius 2 is 1.53 bits per heavy atom. The Labute approximate surface area is 120 Å². The lowest BCUT2D eigenvalue weighted by Crippen LogP contribution is -2.36. The van der Waals surface area contributed by atoms with Crippen molar-refractivity contribution in [2.75, 3.05) is 6.54 Å². The van der Waals surface area contributed by atoms with Gasteiger partial charge in [-0.3, -0.25) is 0 Å². The van der Waals surface area contributed by atoms with Crippen molar-refractivity contribution in [2.45, 2.75) is 85.1 Å². The SMILES string of the molecule is CCC(CC1CC1)NCC1CCC(C(C)(C)C)CC1. The minimum atomic E-state index is 0.524. The lowest BCUT2D eigenvalue weighted by molar-refractivity contribution is 0.147. The smallest absolute Gasteiger partial charge is 0.00671 e. The Morgan fingerprint density at radius 3 is 2.00 bits per heavy atom. The van der Waals surface area contributed by atoms with Gasteiger partial charge in [-0.2, -0.15) is 0 Å². The minimum Gasteiger partial charge on any atom is -0.314 e. The fraction of sp³-hybridized carbons (Fsp3) is 1.00. The van der Waals surface area contributed by atoms with Gasteiger partial charge in [0.15, 0.2) is 0 Å². The topological polar surface area (TPSA) is 12.0 Å². The van der Waals surface area contributed by atoms with Crippen LogP contribution in [0, 0.1) is 23.2 Å². The van der Waals surface area contributed by atoms with Gasteiger partial charge in [-0.05, 0) is 68.2 Å². The Balaban J connectivity index is 1.64. The first-order chi connectivity index (χ1) is 8.99. The molecule has 2 aliphatic carbocycles. The molecule has 112 valence electrons. The van der Waals surface area contributed by atoms with E-state index < -0.39 is 0 Å². The molecular weight excluding hydrogens is 230 g/mol. The van der Waals surface area contributed by atoms with Crippen LogP contribution in [0.4, 0.5) is 0 Å². The fourth-order valence-corrected chi connectivity index (χ4v) is 3.72. The molecule has 0 saturated heterocycles. The second kappa shape index (κ2) is 6.61. The summed E-state index contributed by atoms with van der Waals surface area (Å²) >= 11 is 0. The highest BCUT2D eigenvalue weighted by atomic mass is 14.9. The third kappa shape index (κ3) is 5.10. The molecule has 2 aliphatic rings. The van der Waals surface area contributed by atoms with Gasteiger partial charge < -0.3 is 5.32 Å². The number of hydrogen-bond donors (Lipinski definition) is 1. The summed E-state index contributed by atoms with van der Waals surface area (Å²) in [5.74, 6) is 2.97. The average Bonchev–Trinajstić information content (AvgIpc) is 3.18. The monoisotopic (exact) mass is 265 g/mol. The van der Waals surface area contributed by atoms with E-state index in [2.05, 4.69) is 33.0 Å². The van der Waals surface area contributed by atoms with E-state index in [1.54, 1.807) is 0 Å². The van der Waals surface area contributed by atoms with Crippen molar-refractivity contribution in [3.8, 4) is 0 Å². The first-order valence-electron chi connectivity index (χ1n) is 8.72. The van der Waals surface area contributed by atoms with Crippen LogP contribution in [0.1, 0.15) is 79.1 Å². The van der Waals surface area contributed by atoms with Crippen molar-refractivity contribution in [3.05, 3.63) is 0 Å². The first-order valence-corrected chi connectivity index (χ1v) is 8.72. The minimum absolute atomic E-state index is 0.524. The van der Waals surface area contributed by atoms with Crippen molar-refractivity contribution < 1.29 is 0 Å². The number of rotatable bonds is 6. The van der Waals surface area contributed by atoms with Gasteiger partial charge in [-0.1, -0.05) is 40.5 Å². The third-order valence-corrected chi connectivity index (χ3v) is 5.57. The summed E-state index contributed by atoms with van der Waals surface area (Å²) in [6.07, 6.45) is 11.6. The van der Waals surface area contributed by atoms with E-state index in [0.29, 0.717) is 5.41 Å². The second-order valence-corrected chi connectivity index (χ2v) is 8.28. The van der Waals surface area contributed by atoms with E-state index in [1.807, 2.05) is 0 Å². The lowest BCUT2D eigenvalue weighted by atomic mass is 9.70. The van der Waals surface area contributed by atoms with E-state index >= 15 is 0 Å². The Kier molecular flexibility index (Phi) is 5.34. The Morgan fingerprint density at radius 1 is 0.947 bits per heavy atom. The van der Waals surface area contributed by atoms with Crippen molar-refractivity contribution in [1.29, 1.82) is 0 Å². The van der Waals surface area contributed by atoms with Gasteiger partial charge in [0.05, 0.1) is 0 Å². The van der Waals surface area contributed by atoms with Crippen LogP contribution in [0.5, 0.6) is 0 Å². The molecule has 1 atom stereocenters. The fourth-order valence-electron chi connectivity index (χ4n) is 3.72. The molecular formula is C18H35N. The molecule has 0 heterocycles. The van der Waals surface area contributed by atoms with Crippen LogP contribution in [0.3, 0.4) is 0 Å². The molecule has 0 aromatic rings. The molecule has 0 spiro atoms. The Bertz CT molecular complexity index is 253. The van der Waals surface area contributed by atoms with E-state index in [4.69, 9.17) is 0 Å². The largest absolute Gasteiger partial charge is 0.314 e. The highest BCUT2D eigenvalue weighted by molar-refractivity contribution is 4.83. The van der Waals surface area contributed by atoms with E-state index in [1.165, 1.54) is 57.9 Å². The lowest BCUT2D eigenvalue weighted by Gasteiger charge is -2.37. The van der Waals surface area contributed by atoms with Gasteiger partial charge in [-0.15, -0.1) is 0 Å². The molecule has 0 aromatic heterocycles. The van der Waals surface area contributed by atoms with Crippen LogP contribution in [-0.2, 0) is 0 Å². The highest BCUT2D eigenvalue weighted by Crippen LogP contribution is 2.39. The van der Waals surface area contributed by atoms with Crippen LogP contribution in [0.2, 0.25) is 0 Å². The van der Waals surface area contributed by atoms with E-state index in [0.717, 1.165) is 23.8 Å². The summed E-state index contributed by atoms with van der Waals surface area (Å²) in [6.45, 7) is 10.9. The standard InChI is InChI=1S/C18H35N/c1-5-17(12-14-6-7-14)19-13-15-8-10-16(11-9-15)18(2,3)4/h14-17,19H,5-13H2,1-4H3. The molecule has 2 rings (SSSR count). The maximum Gasteiger partial charge on any atom is 0.00671 e. The molecule has 1 nitrogen and oxygen atoms in total. The average molecular weight is 265 g/mol. The predicted molar refractivity (Wildman–Crippen MR) is 84.3 cm³/mol. The quantitative estimate of drug-likeness (QED) is 0.712. The Hall–Kier alpha value is -0.0400. The zero-order valence-electron chi connectivity index (χ0n) is 13.7. The molecule has 0 aliphatic heterocycles. The maximum absolute atomic E-state index is 3.86. The zero-order chi connectivity index (χ0) is 13.9. The molecule has 0 radical (unpaired) electrons. The summed E-state index contributed by atoms with van der Waals surface area (Å²) in [6, 6.07) is 0.799. The predicted octanol–water partition coefficient (Wildman–Crippen LogP) is 5.01. The van der Waals surface area contributed by atoms with Crippen LogP contribution in [0.25, 0.3) is 0 Å². The molecule has 1 unspecified atom stereocenters. The number of nitrogens with one attached hydrogen (secondary N) is 1. The molecule has 1 N–H and O–H groups in total. The van der Waals surface area contributed by atoms with E-state index in [-0.39, 0.29) is 0 Å². The summed E-state index contributed by atoms with van der Waals surface area (Å²) in [5.41, 5.74) is 0.524. The molecule has 1 heteroatoms. The first kappa shape index (κ1) is 15.4. The van der Waals surface area contributed by atoms with Crippen molar-refractivity contribution >= 4 is 0 Å². The molecule has 0 bridgehead atoms. The molecule has 2 saturated carbocycles. The van der Waals surface area contributed by atoms with E-state index in [9.17, 15) is 0 Å². The van der Waals surface area contributed by atoms with Gasteiger partial charge in [0.25, 0.3) is 0 Å². The van der Waals surface area contributed by atoms with Gasteiger partial charge >= 0.3 is 0 Å². The van der Waals surface area contributed by atoms with Gasteiger partial charge in [0, 0.05) is 6.04 Å². The van der Waals surface area contributed by atoms with Crippen LogP contribution in [-0.4, -0.2) is 12.6 Å². The van der Waals surface area contributed by atoms with Crippen molar-refractivity contribution in [2.24, 2.45) is 23.2 Å². The molecule has 2 fully saturated rings. The summed E-state index contributed by atoms with van der Waals surface area (Å²) in [4.78, 5) is 0. The molecule has 19 heavy (non-hydrogen) atoms. The van der Waals surface area contributed by atoms with Crippen LogP contribution in [0.15, 0.2) is 0 Å². The zero-order valence-corrected chi connectivity index (χ0v) is 13.7. The highest BCUT2D eigenvalue weighted by Gasteiger charge is 2.30. The summed E-state index contributed by atoms with van der Waals surface area (Å²) < 4.78 is 0. The second-order valence-electron chi connectivity index (χ2n) is 8.28. The van der Waals surface area contributed by atoms with Crippen molar-refractivity contribution in [1.82, 2.24) is 5.32 Å². The summed E-state index contributed by atoms with van der Waals surface area (Å²) in [5, 5.41) is 3.86.